The molecule has 2 aliphatic rings. The molecule has 7 nitrogen and oxygen atoms in total. The molecule has 0 saturated carbocycles. The fourth-order valence-corrected chi connectivity index (χ4v) is 5.01. The summed E-state index contributed by atoms with van der Waals surface area (Å²) in [4.78, 5) is 34.5. The molecule has 34 heavy (non-hydrogen) atoms. The van der Waals surface area contributed by atoms with E-state index in [1.54, 1.807) is 36.4 Å². The van der Waals surface area contributed by atoms with Gasteiger partial charge in [-0.2, -0.15) is 0 Å². The van der Waals surface area contributed by atoms with E-state index in [9.17, 15) is 14.7 Å². The van der Waals surface area contributed by atoms with Crippen LogP contribution in [0.3, 0.4) is 0 Å². The predicted molar refractivity (Wildman–Crippen MR) is 128 cm³/mol. The molecule has 3 aromatic carbocycles. The zero-order chi connectivity index (χ0) is 24.0. The number of fused-ring (bicyclic) bond motifs is 1. The van der Waals surface area contributed by atoms with Gasteiger partial charge in [0.2, 0.25) is 5.91 Å². The molecule has 2 amide bonds. The number of para-hydroxylation sites is 3. The van der Waals surface area contributed by atoms with Crippen LogP contribution in [-0.4, -0.2) is 29.6 Å². The van der Waals surface area contributed by atoms with Crippen LogP contribution in [0.25, 0.3) is 0 Å². The minimum Gasteiger partial charge on any atom is -0.506 e. The number of nitrogens with zero attached hydrogens (tertiary/aromatic N) is 2. The number of amides is 2. The molecule has 2 heterocycles. The molecule has 9 heteroatoms. The van der Waals surface area contributed by atoms with E-state index in [1.807, 2.05) is 25.1 Å². The van der Waals surface area contributed by atoms with E-state index >= 15 is 0 Å². The quantitative estimate of drug-likeness (QED) is 0.490. The van der Waals surface area contributed by atoms with Crippen molar-refractivity contribution in [1.29, 1.82) is 0 Å². The monoisotopic (exact) mass is 498 g/mol. The van der Waals surface area contributed by atoms with E-state index < -0.39 is 29.9 Å². The fraction of sp³-hybridized carbons (Fsp3) is 0.200. The van der Waals surface area contributed by atoms with Gasteiger partial charge in [0, 0.05) is 10.6 Å². The molecular weight excluding hydrogens is 479 g/mol. The summed E-state index contributed by atoms with van der Waals surface area (Å²) in [6, 6.07) is 18.0. The molecule has 2 aliphatic heterocycles. The average molecular weight is 499 g/mol. The van der Waals surface area contributed by atoms with E-state index in [0.29, 0.717) is 23.7 Å². The highest BCUT2D eigenvalue weighted by Gasteiger charge is 2.61. The van der Waals surface area contributed by atoms with E-state index in [2.05, 4.69) is 0 Å². The van der Waals surface area contributed by atoms with Gasteiger partial charge in [-0.1, -0.05) is 53.5 Å². The number of carbonyl (C=O) groups is 2. The van der Waals surface area contributed by atoms with Crippen molar-refractivity contribution < 1.29 is 24.3 Å². The van der Waals surface area contributed by atoms with Gasteiger partial charge in [0.05, 0.1) is 29.0 Å². The van der Waals surface area contributed by atoms with E-state index in [0.717, 1.165) is 4.90 Å². The van der Waals surface area contributed by atoms with Gasteiger partial charge in [-0.15, -0.1) is 0 Å². The number of hydrogen-bond acceptors (Lipinski definition) is 6. The number of aromatic hydroxyl groups is 1. The minimum absolute atomic E-state index is 0.0364. The number of hydroxylamine groups is 1. The summed E-state index contributed by atoms with van der Waals surface area (Å²) in [5.74, 6) is -1.76. The molecule has 0 aromatic heterocycles. The lowest BCUT2D eigenvalue weighted by Gasteiger charge is -2.29. The Morgan fingerprint density at radius 2 is 1.71 bits per heavy atom. The molecule has 1 N–H and O–H groups in total. The third-order valence-corrected chi connectivity index (χ3v) is 6.41. The molecule has 0 radical (unpaired) electrons. The minimum atomic E-state index is -1.11. The molecule has 2 fully saturated rings. The van der Waals surface area contributed by atoms with Gasteiger partial charge in [-0.3, -0.25) is 14.4 Å². The Kier molecular flexibility index (Phi) is 5.85. The van der Waals surface area contributed by atoms with Crippen LogP contribution in [0, 0.1) is 5.92 Å². The van der Waals surface area contributed by atoms with Gasteiger partial charge in [0.1, 0.15) is 17.4 Å². The number of ether oxygens (including phenoxy) is 1. The number of halogens is 2. The summed E-state index contributed by atoms with van der Waals surface area (Å²) in [5, 5.41) is 12.6. The van der Waals surface area contributed by atoms with Crippen LogP contribution in [-0.2, 0) is 14.4 Å². The number of imide groups is 1. The molecule has 3 atom stereocenters. The lowest BCUT2D eigenvalue weighted by Crippen LogP contribution is -2.37. The van der Waals surface area contributed by atoms with Crippen LogP contribution >= 0.6 is 23.2 Å². The molecule has 174 valence electrons. The first kappa shape index (κ1) is 22.5. The van der Waals surface area contributed by atoms with Crippen molar-refractivity contribution in [3.8, 4) is 11.5 Å². The van der Waals surface area contributed by atoms with Gasteiger partial charge >= 0.3 is 0 Å². The van der Waals surface area contributed by atoms with Crippen LogP contribution in [0.1, 0.15) is 18.5 Å². The fourth-order valence-electron chi connectivity index (χ4n) is 4.50. The molecule has 3 aromatic rings. The Labute approximate surface area is 206 Å². The maximum atomic E-state index is 13.8. The highest BCUT2D eigenvalue weighted by atomic mass is 35.5. The van der Waals surface area contributed by atoms with E-state index in [1.165, 1.54) is 17.2 Å². The maximum absolute atomic E-state index is 13.8. The van der Waals surface area contributed by atoms with Crippen molar-refractivity contribution in [3.05, 3.63) is 82.3 Å². The lowest BCUT2D eigenvalue weighted by atomic mass is 9.90. The van der Waals surface area contributed by atoms with Crippen LogP contribution in [0.5, 0.6) is 11.5 Å². The summed E-state index contributed by atoms with van der Waals surface area (Å²) < 4.78 is 5.65. The highest BCUT2D eigenvalue weighted by molar-refractivity contribution is 6.35. The van der Waals surface area contributed by atoms with Crippen LogP contribution in [0.4, 0.5) is 11.4 Å². The molecule has 2 saturated heterocycles. The number of benzene rings is 3. The molecule has 0 unspecified atom stereocenters. The SMILES string of the molecule is CCOc1ccccc1N1C(=O)[C@H]2[C@@H](c3cc(Cl)cc(Cl)c3O)N(c3ccccc3)O[C@H]2C1=O. The van der Waals surface area contributed by atoms with Crippen LogP contribution < -0.4 is 14.7 Å². The van der Waals surface area contributed by atoms with E-state index in [4.69, 9.17) is 32.8 Å². The van der Waals surface area contributed by atoms with Crippen LogP contribution in [0.15, 0.2) is 66.7 Å². The van der Waals surface area contributed by atoms with Crippen molar-refractivity contribution in [3.63, 3.8) is 0 Å². The van der Waals surface area contributed by atoms with Crippen molar-refractivity contribution in [2.24, 2.45) is 5.92 Å². The molecule has 0 aliphatic carbocycles. The zero-order valence-corrected chi connectivity index (χ0v) is 19.5. The largest absolute Gasteiger partial charge is 0.506 e. The average Bonchev–Trinajstić information content (AvgIpc) is 3.33. The summed E-state index contributed by atoms with van der Waals surface area (Å²) in [5.41, 5.74) is 1.24. The van der Waals surface area contributed by atoms with Crippen LogP contribution in [0.2, 0.25) is 10.0 Å². The predicted octanol–water partition coefficient (Wildman–Crippen LogP) is 5.15. The zero-order valence-electron chi connectivity index (χ0n) is 18.0. The second-order valence-electron chi connectivity index (χ2n) is 7.90. The second kappa shape index (κ2) is 8.83. The Balaban J connectivity index is 1.64. The normalized spacial score (nSPS) is 21.8. The Morgan fingerprint density at radius 3 is 2.44 bits per heavy atom. The first-order valence-corrected chi connectivity index (χ1v) is 11.5. The van der Waals surface area contributed by atoms with Gasteiger partial charge in [0.15, 0.2) is 6.10 Å². The smallest absolute Gasteiger partial charge is 0.266 e. The Morgan fingerprint density at radius 1 is 1.00 bits per heavy atom. The Bertz CT molecular complexity index is 1270. The topological polar surface area (TPSA) is 79.3 Å². The third-order valence-electron chi connectivity index (χ3n) is 5.91. The summed E-state index contributed by atoms with van der Waals surface area (Å²) in [7, 11) is 0. The van der Waals surface area contributed by atoms with Gasteiger partial charge in [0.25, 0.3) is 5.91 Å². The van der Waals surface area contributed by atoms with Crippen molar-refractivity contribution >= 4 is 46.4 Å². The standard InChI is InChI=1S/C25H20Cl2N2O5/c1-2-33-19-11-7-6-10-18(19)28-24(31)20-21(16-12-14(26)13-17(27)22(16)30)29(34-23(20)25(28)32)15-8-4-3-5-9-15/h3-13,20-21,23,30H,2H2,1H3/t20-,21+,23+/m0/s1. The summed E-state index contributed by atoms with van der Waals surface area (Å²) in [6.07, 6.45) is -1.11. The molecule has 0 spiro atoms. The first-order chi connectivity index (χ1) is 16.4. The highest BCUT2D eigenvalue weighted by Crippen LogP contribution is 2.51. The summed E-state index contributed by atoms with van der Waals surface area (Å²) in [6.45, 7) is 2.19. The number of rotatable bonds is 5. The number of anilines is 2. The van der Waals surface area contributed by atoms with Crippen molar-refractivity contribution in [2.45, 2.75) is 19.1 Å². The van der Waals surface area contributed by atoms with Crippen molar-refractivity contribution in [1.82, 2.24) is 0 Å². The van der Waals surface area contributed by atoms with Crippen molar-refractivity contribution in [2.75, 3.05) is 16.6 Å². The van der Waals surface area contributed by atoms with E-state index in [-0.39, 0.29) is 21.4 Å². The third kappa shape index (κ3) is 3.57. The molecular formula is C25H20Cl2N2O5. The maximum Gasteiger partial charge on any atom is 0.266 e. The lowest BCUT2D eigenvalue weighted by molar-refractivity contribution is -0.126. The van der Waals surface area contributed by atoms with Gasteiger partial charge in [-0.05, 0) is 43.3 Å². The number of hydrogen-bond donors (Lipinski definition) is 1. The number of phenolic OH excluding ortho intramolecular Hbond substituents is 1. The second-order valence-corrected chi connectivity index (χ2v) is 8.74. The molecule has 5 rings (SSSR count). The first-order valence-electron chi connectivity index (χ1n) is 10.7. The number of carbonyl (C=O) groups excluding carboxylic acids is 2. The number of phenols is 1. The Hall–Kier alpha value is -3.26. The summed E-state index contributed by atoms with van der Waals surface area (Å²) >= 11 is 12.5. The molecule has 0 bridgehead atoms. The van der Waals surface area contributed by atoms with Gasteiger partial charge in [-0.25, -0.2) is 9.96 Å². The van der Waals surface area contributed by atoms with Gasteiger partial charge < -0.3 is 9.84 Å².